The lowest BCUT2D eigenvalue weighted by Crippen LogP contribution is -2.42. The first-order chi connectivity index (χ1) is 28.6. The zero-order valence-electron chi connectivity index (χ0n) is 34.4. The van der Waals surface area contributed by atoms with Gasteiger partial charge < -0.3 is 39.5 Å². The normalized spacial score (nSPS) is 19.4. The van der Waals surface area contributed by atoms with E-state index in [0.717, 1.165) is 69.0 Å². The van der Waals surface area contributed by atoms with Crippen molar-refractivity contribution in [2.75, 3.05) is 58.9 Å². The lowest BCUT2D eigenvalue weighted by atomic mass is 9.84. The molecule has 3 heterocycles. The molecule has 9 nitrogen and oxygen atoms in total. The van der Waals surface area contributed by atoms with Gasteiger partial charge in [-0.15, -0.1) is 26.3 Å². The third-order valence-corrected chi connectivity index (χ3v) is 11.8. The van der Waals surface area contributed by atoms with Crippen molar-refractivity contribution in [3.63, 3.8) is 0 Å². The molecule has 3 aromatic carbocycles. The van der Waals surface area contributed by atoms with Crippen LogP contribution in [0.2, 0.25) is 5.02 Å². The summed E-state index contributed by atoms with van der Waals surface area (Å²) in [5, 5.41) is 41.2. The summed E-state index contributed by atoms with van der Waals surface area (Å²) in [7, 11) is 0. The Hall–Kier alpha value is -3.76. The molecule has 3 aromatic rings. The molecular formula is C43H53ClF8N4O5. The van der Waals surface area contributed by atoms with Crippen molar-refractivity contribution in [1.29, 1.82) is 5.26 Å². The lowest BCUT2D eigenvalue weighted by Gasteiger charge is -2.38. The zero-order chi connectivity index (χ0) is 45.2. The molecule has 0 aromatic heterocycles. The maximum atomic E-state index is 13.4. The van der Waals surface area contributed by atoms with Gasteiger partial charge in [0.25, 0.3) is 0 Å². The van der Waals surface area contributed by atoms with E-state index in [2.05, 4.69) is 38.0 Å². The molecule has 18 heteroatoms. The van der Waals surface area contributed by atoms with Crippen LogP contribution in [0.3, 0.4) is 0 Å². The van der Waals surface area contributed by atoms with Crippen LogP contribution >= 0.6 is 11.6 Å². The van der Waals surface area contributed by atoms with Gasteiger partial charge in [0.2, 0.25) is 0 Å². The van der Waals surface area contributed by atoms with Gasteiger partial charge in [-0.1, -0.05) is 50.6 Å². The average molecular weight is 893 g/mol. The molecule has 3 N–H and O–H groups in total. The second-order valence-corrected chi connectivity index (χ2v) is 15.9. The number of aliphatic hydroxyl groups is 3. The van der Waals surface area contributed by atoms with Gasteiger partial charge in [0.05, 0.1) is 27.4 Å². The molecule has 0 unspecified atom stereocenters. The SMILES string of the molecule is CCCN1CCC(O)(c2ccc(F)c(OC(F)(F)F)c2)CC1.CCN1CCC(O)(c2ccc(C#N)c(Cl)c2)CC1.CCN1CCC(O)(c2ccc(F)c(OC(F)(F)F)c2)CC1. The number of hydrogen-bond donors (Lipinski definition) is 3. The maximum absolute atomic E-state index is 13.4. The van der Waals surface area contributed by atoms with E-state index in [1.807, 2.05) is 19.1 Å². The van der Waals surface area contributed by atoms with Crippen LogP contribution in [-0.2, 0) is 16.8 Å². The third-order valence-electron chi connectivity index (χ3n) is 11.5. The minimum Gasteiger partial charge on any atom is -0.403 e. The fraction of sp³-hybridized carbons (Fsp3) is 0.558. The topological polar surface area (TPSA) is 113 Å². The lowest BCUT2D eigenvalue weighted by molar-refractivity contribution is -0.276. The zero-order valence-corrected chi connectivity index (χ0v) is 35.1. The first-order valence-electron chi connectivity index (χ1n) is 20.2. The molecule has 0 amide bonds. The Labute approximate surface area is 356 Å². The van der Waals surface area contributed by atoms with Crippen molar-refractivity contribution in [1.82, 2.24) is 14.7 Å². The molecule has 0 atom stereocenters. The van der Waals surface area contributed by atoms with Crippen molar-refractivity contribution >= 4 is 11.6 Å². The van der Waals surface area contributed by atoms with E-state index in [1.165, 1.54) is 12.1 Å². The Balaban J connectivity index is 0.000000202. The van der Waals surface area contributed by atoms with E-state index in [0.29, 0.717) is 75.3 Å². The Morgan fingerprint density at radius 3 is 1.26 bits per heavy atom. The van der Waals surface area contributed by atoms with Crippen LogP contribution in [0, 0.1) is 23.0 Å². The molecule has 3 aliphatic heterocycles. The summed E-state index contributed by atoms with van der Waals surface area (Å²) in [6, 6.07) is 13.5. The van der Waals surface area contributed by atoms with Gasteiger partial charge in [-0.05, 0) is 118 Å². The molecule has 3 fully saturated rings. The van der Waals surface area contributed by atoms with Gasteiger partial charge in [-0.2, -0.15) is 5.26 Å². The van der Waals surface area contributed by atoms with Crippen LogP contribution in [0.15, 0.2) is 54.6 Å². The summed E-state index contributed by atoms with van der Waals surface area (Å²) >= 11 is 6.02. The van der Waals surface area contributed by atoms with E-state index in [1.54, 1.807) is 12.1 Å². The Morgan fingerprint density at radius 2 is 0.951 bits per heavy atom. The van der Waals surface area contributed by atoms with E-state index in [-0.39, 0.29) is 11.1 Å². The molecule has 0 spiro atoms. The first-order valence-corrected chi connectivity index (χ1v) is 20.6. The third kappa shape index (κ3) is 14.1. The van der Waals surface area contributed by atoms with Crippen molar-refractivity contribution < 1.29 is 59.9 Å². The Kier molecular flexibility index (Phi) is 17.2. The van der Waals surface area contributed by atoms with E-state index in [9.17, 15) is 50.4 Å². The number of alkyl halides is 6. The quantitative estimate of drug-likeness (QED) is 0.181. The second-order valence-electron chi connectivity index (χ2n) is 15.5. The fourth-order valence-electron chi connectivity index (χ4n) is 7.69. The predicted octanol–water partition coefficient (Wildman–Crippen LogP) is 8.96. The first kappa shape index (κ1) is 49.9. The molecule has 0 radical (unpaired) electrons. The molecule has 0 saturated carbocycles. The summed E-state index contributed by atoms with van der Waals surface area (Å²) in [5.74, 6) is -4.03. The predicted molar refractivity (Wildman–Crippen MR) is 213 cm³/mol. The van der Waals surface area contributed by atoms with E-state index in [4.69, 9.17) is 16.9 Å². The van der Waals surface area contributed by atoms with Crippen molar-refractivity contribution in [2.45, 2.75) is 95.2 Å². The van der Waals surface area contributed by atoms with Crippen LogP contribution < -0.4 is 9.47 Å². The molecular weight excluding hydrogens is 840 g/mol. The summed E-state index contributed by atoms with van der Waals surface area (Å²) < 4.78 is 108. The number of hydrogen-bond acceptors (Lipinski definition) is 9. The highest BCUT2D eigenvalue weighted by Crippen LogP contribution is 2.39. The number of piperidine rings is 3. The van der Waals surface area contributed by atoms with E-state index >= 15 is 0 Å². The number of ether oxygens (including phenoxy) is 2. The highest BCUT2D eigenvalue weighted by atomic mass is 35.5. The highest BCUT2D eigenvalue weighted by Gasteiger charge is 2.39. The summed E-state index contributed by atoms with van der Waals surface area (Å²) in [6.07, 6.45) is -5.95. The van der Waals surface area contributed by atoms with Crippen LogP contribution in [0.1, 0.15) is 88.0 Å². The Bertz CT molecular complexity index is 1920. The highest BCUT2D eigenvalue weighted by molar-refractivity contribution is 6.31. The van der Waals surface area contributed by atoms with Gasteiger partial charge in [0.15, 0.2) is 23.1 Å². The largest absolute Gasteiger partial charge is 0.573 e. The number of rotatable bonds is 9. The second kappa shape index (κ2) is 21.1. The molecule has 61 heavy (non-hydrogen) atoms. The maximum Gasteiger partial charge on any atom is 0.573 e. The van der Waals surface area contributed by atoms with E-state index < -0.39 is 52.7 Å². The van der Waals surface area contributed by atoms with Gasteiger partial charge in [0.1, 0.15) is 6.07 Å². The van der Waals surface area contributed by atoms with Crippen LogP contribution in [-0.4, -0.2) is 102 Å². The van der Waals surface area contributed by atoms with Crippen molar-refractivity contribution in [3.05, 3.63) is 93.5 Å². The van der Waals surface area contributed by atoms with Crippen molar-refractivity contribution in [2.24, 2.45) is 0 Å². The van der Waals surface area contributed by atoms with Crippen LogP contribution in [0.4, 0.5) is 35.1 Å². The molecule has 3 aliphatic rings. The number of nitrogens with zero attached hydrogens (tertiary/aromatic N) is 4. The standard InChI is InChI=1S/C15H19F4NO2.C14H17ClN2O.C14H17F4NO2/c1-2-7-20-8-5-14(21,6-9-20)11-3-4-12(16)13(10-11)22-15(17,18)19;1-2-17-7-5-14(18,6-8-17)12-4-3-11(10-16)13(15)9-12;1-2-19-7-5-13(20,6-8-19)10-3-4-11(15)12(9-10)21-14(16,17)18/h3-4,10,21H,2,5-9H2,1H3;3-4,9,18H,2,5-8H2,1H3;3-4,9,20H,2,5-8H2,1H3. The summed E-state index contributed by atoms with van der Waals surface area (Å²) in [4.78, 5) is 6.63. The molecule has 338 valence electrons. The minimum atomic E-state index is -4.97. The molecule has 3 saturated heterocycles. The van der Waals surface area contributed by atoms with Gasteiger partial charge >= 0.3 is 12.7 Å². The summed E-state index contributed by atoms with van der Waals surface area (Å²) in [6.45, 7) is 13.3. The van der Waals surface area contributed by atoms with Gasteiger partial charge in [0, 0.05) is 39.3 Å². The number of likely N-dealkylation sites (tertiary alicyclic amines) is 3. The van der Waals surface area contributed by atoms with Crippen LogP contribution in [0.25, 0.3) is 0 Å². The number of nitriles is 1. The van der Waals surface area contributed by atoms with Crippen molar-refractivity contribution in [3.8, 4) is 17.6 Å². The van der Waals surface area contributed by atoms with Gasteiger partial charge in [-0.3, -0.25) is 0 Å². The fourth-order valence-corrected chi connectivity index (χ4v) is 7.92. The molecule has 0 aliphatic carbocycles. The molecule has 6 rings (SSSR count). The van der Waals surface area contributed by atoms with Gasteiger partial charge in [-0.25, -0.2) is 8.78 Å². The smallest absolute Gasteiger partial charge is 0.403 e. The summed E-state index contributed by atoms with van der Waals surface area (Å²) in [5.41, 5.74) is -1.52. The molecule has 0 bridgehead atoms. The van der Waals surface area contributed by atoms with Crippen LogP contribution in [0.5, 0.6) is 11.5 Å². The average Bonchev–Trinajstić information content (AvgIpc) is 3.20. The minimum absolute atomic E-state index is 0.249. The monoisotopic (exact) mass is 892 g/mol. The number of halogens is 9. The number of benzene rings is 3. The Morgan fingerprint density at radius 1 is 0.607 bits per heavy atom.